The molecule has 3 N–H and O–H groups in total. The molecule has 0 amide bonds. The maximum Gasteiger partial charge on any atom is 0.227 e. The van der Waals surface area contributed by atoms with Gasteiger partial charge in [0.15, 0.2) is 0 Å². The average Bonchev–Trinajstić information content (AvgIpc) is 3.23. The Bertz CT molecular complexity index is 729. The van der Waals surface area contributed by atoms with E-state index in [1.165, 1.54) is 12.8 Å². The third kappa shape index (κ3) is 3.46. The van der Waals surface area contributed by atoms with Gasteiger partial charge in [0.05, 0.1) is 12.2 Å². The summed E-state index contributed by atoms with van der Waals surface area (Å²) in [6.45, 7) is 4.82. The summed E-state index contributed by atoms with van der Waals surface area (Å²) in [6.07, 6.45) is 6.35. The van der Waals surface area contributed by atoms with E-state index in [2.05, 4.69) is 32.9 Å². The summed E-state index contributed by atoms with van der Waals surface area (Å²) in [5.41, 5.74) is 8.20. The second kappa shape index (κ2) is 6.63. The van der Waals surface area contributed by atoms with Crippen LogP contribution in [0, 0.1) is 6.92 Å². The Balaban J connectivity index is 1.60. The minimum Gasteiger partial charge on any atom is -0.352 e. The van der Waals surface area contributed by atoms with Gasteiger partial charge in [-0.2, -0.15) is 4.98 Å². The maximum atomic E-state index is 5.99. The molecule has 1 saturated heterocycles. The number of H-pyrrole nitrogens is 1. The molecule has 25 heavy (non-hydrogen) atoms. The smallest absolute Gasteiger partial charge is 0.227 e. The van der Waals surface area contributed by atoms with Crippen LogP contribution in [0.1, 0.15) is 48.8 Å². The second-order valence-electron chi connectivity index (χ2n) is 7.44. The molecule has 2 aromatic heterocycles. The van der Waals surface area contributed by atoms with Gasteiger partial charge in [0.25, 0.3) is 0 Å². The highest BCUT2D eigenvalue weighted by molar-refractivity contribution is 5.47. The van der Waals surface area contributed by atoms with Crippen LogP contribution in [0.25, 0.3) is 0 Å². The summed E-state index contributed by atoms with van der Waals surface area (Å²) in [4.78, 5) is 21.9. The quantitative estimate of drug-likeness (QED) is 0.864. The van der Waals surface area contributed by atoms with Crippen molar-refractivity contribution in [1.29, 1.82) is 0 Å². The number of rotatable bonds is 5. The van der Waals surface area contributed by atoms with E-state index in [0.717, 1.165) is 54.9 Å². The molecule has 134 valence electrons. The minimum absolute atomic E-state index is 0.322. The third-order valence-electron chi connectivity index (χ3n) is 5.24. The van der Waals surface area contributed by atoms with Crippen molar-refractivity contribution in [3.05, 3.63) is 29.5 Å². The molecule has 2 fully saturated rings. The van der Waals surface area contributed by atoms with E-state index in [1.54, 1.807) is 0 Å². The summed E-state index contributed by atoms with van der Waals surface area (Å²) >= 11 is 0. The van der Waals surface area contributed by atoms with Crippen LogP contribution in [0.4, 0.5) is 11.8 Å². The summed E-state index contributed by atoms with van der Waals surface area (Å²) < 4.78 is 0. The number of imidazole rings is 1. The molecule has 4 rings (SSSR count). The van der Waals surface area contributed by atoms with Gasteiger partial charge in [-0.25, -0.2) is 9.97 Å². The molecule has 1 aliphatic carbocycles. The Labute approximate surface area is 148 Å². The van der Waals surface area contributed by atoms with Crippen LogP contribution in [-0.4, -0.2) is 46.1 Å². The van der Waals surface area contributed by atoms with Crippen molar-refractivity contribution >= 4 is 11.8 Å². The zero-order valence-corrected chi connectivity index (χ0v) is 15.1. The molecule has 1 saturated carbocycles. The monoisotopic (exact) mass is 341 g/mol. The lowest BCUT2D eigenvalue weighted by molar-refractivity contribution is 0.345. The van der Waals surface area contributed by atoms with Crippen molar-refractivity contribution in [2.45, 2.75) is 51.1 Å². The van der Waals surface area contributed by atoms with E-state index >= 15 is 0 Å². The van der Waals surface area contributed by atoms with Crippen LogP contribution < -0.4 is 15.5 Å². The van der Waals surface area contributed by atoms with Crippen LogP contribution in [0.15, 0.2) is 12.3 Å². The molecular weight excluding hydrogens is 314 g/mol. The van der Waals surface area contributed by atoms with Crippen LogP contribution in [0.3, 0.4) is 0 Å². The topological polar surface area (TPSA) is 87.0 Å². The molecule has 2 aromatic rings. The average molecular weight is 341 g/mol. The predicted octanol–water partition coefficient (Wildman–Crippen LogP) is 1.95. The van der Waals surface area contributed by atoms with Crippen molar-refractivity contribution < 1.29 is 0 Å². The Morgan fingerprint density at radius 3 is 2.68 bits per heavy atom. The van der Waals surface area contributed by atoms with E-state index in [9.17, 15) is 0 Å². The molecule has 1 aliphatic heterocycles. The van der Waals surface area contributed by atoms with Gasteiger partial charge in [-0.1, -0.05) is 0 Å². The molecule has 2 aliphatic rings. The molecule has 7 nitrogen and oxygen atoms in total. The largest absolute Gasteiger partial charge is 0.352 e. The molecule has 0 unspecified atom stereocenters. The molecular formula is C18H27N7. The van der Waals surface area contributed by atoms with Crippen molar-refractivity contribution in [2.24, 2.45) is 5.73 Å². The first-order valence-corrected chi connectivity index (χ1v) is 9.19. The number of aryl methyl sites for hydroxylation is 1. The first-order chi connectivity index (χ1) is 12.1. The first-order valence-electron chi connectivity index (χ1n) is 9.19. The number of aromatic amines is 1. The highest BCUT2D eigenvalue weighted by Crippen LogP contribution is 2.36. The summed E-state index contributed by atoms with van der Waals surface area (Å²) in [7, 11) is 2.06. The highest BCUT2D eigenvalue weighted by Gasteiger charge is 2.30. The van der Waals surface area contributed by atoms with Crippen molar-refractivity contribution in [1.82, 2.24) is 19.9 Å². The fraction of sp³-hybridized carbons (Fsp3) is 0.611. The standard InChI is InChI=1S/C18H27N7/c1-12-10-20-16(21-12)11-24(2)17-9-15(13-7-14(19)8-13)22-18(23-17)25-5-3-4-6-25/h9-10,13-14H,3-8,11,19H2,1-2H3,(H,20,21). The van der Waals surface area contributed by atoms with E-state index in [4.69, 9.17) is 15.7 Å². The van der Waals surface area contributed by atoms with Gasteiger partial charge in [0, 0.05) is 50.1 Å². The Kier molecular flexibility index (Phi) is 4.33. The fourth-order valence-corrected chi connectivity index (χ4v) is 3.66. The van der Waals surface area contributed by atoms with Gasteiger partial charge in [0.2, 0.25) is 5.95 Å². The van der Waals surface area contributed by atoms with Crippen LogP contribution in [0.2, 0.25) is 0 Å². The number of anilines is 2. The summed E-state index contributed by atoms with van der Waals surface area (Å²) in [6, 6.07) is 2.45. The lowest BCUT2D eigenvalue weighted by Crippen LogP contribution is -2.35. The number of hydrogen-bond donors (Lipinski definition) is 2. The lowest BCUT2D eigenvalue weighted by atomic mass is 9.78. The molecule has 0 bridgehead atoms. The zero-order chi connectivity index (χ0) is 17.4. The zero-order valence-electron chi connectivity index (χ0n) is 15.1. The SMILES string of the molecule is Cc1cnc(CN(C)c2cc(C3CC(N)C3)nc(N3CCCC3)n2)[nH]1. The van der Waals surface area contributed by atoms with Crippen molar-refractivity contribution in [3.8, 4) is 0 Å². The Hall–Kier alpha value is -2.15. The molecule has 3 heterocycles. The predicted molar refractivity (Wildman–Crippen MR) is 98.9 cm³/mol. The molecule has 7 heteroatoms. The minimum atomic E-state index is 0.322. The van der Waals surface area contributed by atoms with E-state index in [0.29, 0.717) is 18.5 Å². The van der Waals surface area contributed by atoms with Gasteiger partial charge in [0.1, 0.15) is 11.6 Å². The number of hydrogen-bond acceptors (Lipinski definition) is 6. The second-order valence-corrected chi connectivity index (χ2v) is 7.44. The maximum absolute atomic E-state index is 5.99. The van der Waals surface area contributed by atoms with Gasteiger partial charge < -0.3 is 20.5 Å². The number of nitrogens with two attached hydrogens (primary N) is 1. The van der Waals surface area contributed by atoms with E-state index < -0.39 is 0 Å². The molecule has 0 spiro atoms. The lowest BCUT2D eigenvalue weighted by Gasteiger charge is -2.33. The normalized spacial score (nSPS) is 22.9. The molecule has 0 aromatic carbocycles. The third-order valence-corrected chi connectivity index (χ3v) is 5.24. The van der Waals surface area contributed by atoms with Gasteiger partial charge in [-0.15, -0.1) is 0 Å². The molecule has 0 radical (unpaired) electrons. The number of nitrogens with zero attached hydrogens (tertiary/aromatic N) is 5. The number of aromatic nitrogens is 4. The van der Waals surface area contributed by atoms with Crippen molar-refractivity contribution in [2.75, 3.05) is 29.9 Å². The summed E-state index contributed by atoms with van der Waals surface area (Å²) in [5, 5.41) is 0. The van der Waals surface area contributed by atoms with Gasteiger partial charge in [-0.05, 0) is 32.6 Å². The van der Waals surface area contributed by atoms with Crippen LogP contribution in [0.5, 0.6) is 0 Å². The Morgan fingerprint density at radius 1 is 1.28 bits per heavy atom. The highest BCUT2D eigenvalue weighted by atomic mass is 15.3. The Morgan fingerprint density at radius 2 is 2.04 bits per heavy atom. The van der Waals surface area contributed by atoms with Gasteiger partial charge >= 0.3 is 0 Å². The van der Waals surface area contributed by atoms with Gasteiger partial charge in [-0.3, -0.25) is 0 Å². The fourth-order valence-electron chi connectivity index (χ4n) is 3.66. The van der Waals surface area contributed by atoms with E-state index in [-0.39, 0.29) is 0 Å². The van der Waals surface area contributed by atoms with E-state index in [1.807, 2.05) is 13.1 Å². The number of nitrogens with one attached hydrogen (secondary N) is 1. The van der Waals surface area contributed by atoms with Crippen molar-refractivity contribution in [3.63, 3.8) is 0 Å². The summed E-state index contributed by atoms with van der Waals surface area (Å²) in [5.74, 6) is 3.25. The van der Waals surface area contributed by atoms with Crippen LogP contribution >= 0.6 is 0 Å². The molecule has 0 atom stereocenters. The van der Waals surface area contributed by atoms with Crippen LogP contribution in [-0.2, 0) is 6.54 Å². The first kappa shape index (κ1) is 16.3.